The normalized spacial score (nSPS) is 10.3. The minimum absolute atomic E-state index is 0.00947. The molecule has 0 heterocycles. The third kappa shape index (κ3) is 3.78. The molecule has 0 N–H and O–H groups in total. The quantitative estimate of drug-likeness (QED) is 0.787. The fourth-order valence-corrected chi connectivity index (χ4v) is 1.86. The smallest absolute Gasteiger partial charge is 0.161 e. The first-order valence-corrected chi connectivity index (χ1v) is 6.26. The number of ether oxygens (including phenoxy) is 2. The van der Waals surface area contributed by atoms with E-state index in [9.17, 15) is 13.6 Å². The lowest BCUT2D eigenvalue weighted by Crippen LogP contribution is -2.00. The van der Waals surface area contributed by atoms with Crippen molar-refractivity contribution in [1.82, 2.24) is 0 Å². The molecule has 0 saturated heterocycles. The van der Waals surface area contributed by atoms with Crippen LogP contribution in [0.15, 0.2) is 36.4 Å². The van der Waals surface area contributed by atoms with E-state index < -0.39 is 11.6 Å². The molecule has 21 heavy (non-hydrogen) atoms. The Hall–Kier alpha value is -2.43. The van der Waals surface area contributed by atoms with Crippen molar-refractivity contribution in [3.63, 3.8) is 0 Å². The summed E-state index contributed by atoms with van der Waals surface area (Å²) in [5.41, 5.74) is 0.862. The highest BCUT2D eigenvalue weighted by Crippen LogP contribution is 2.29. The Morgan fingerprint density at radius 1 is 1.05 bits per heavy atom. The molecular weight excluding hydrogens is 278 g/mol. The van der Waals surface area contributed by atoms with Gasteiger partial charge in [0.25, 0.3) is 0 Å². The summed E-state index contributed by atoms with van der Waals surface area (Å²) in [6.45, 7) is 1.44. The van der Waals surface area contributed by atoms with Crippen LogP contribution < -0.4 is 9.47 Å². The van der Waals surface area contributed by atoms with Gasteiger partial charge in [0.1, 0.15) is 18.2 Å². The van der Waals surface area contributed by atoms with Crippen molar-refractivity contribution in [3.8, 4) is 11.5 Å². The molecule has 0 aliphatic heterocycles. The van der Waals surface area contributed by atoms with Gasteiger partial charge in [-0.2, -0.15) is 0 Å². The number of carbonyl (C=O) groups is 1. The van der Waals surface area contributed by atoms with Crippen LogP contribution in [0.2, 0.25) is 0 Å². The highest BCUT2D eigenvalue weighted by atomic mass is 19.1. The number of hydrogen-bond donors (Lipinski definition) is 0. The Labute approximate surface area is 121 Å². The maximum Gasteiger partial charge on any atom is 0.161 e. The molecule has 110 valence electrons. The van der Waals surface area contributed by atoms with Crippen molar-refractivity contribution in [2.75, 3.05) is 7.11 Å². The van der Waals surface area contributed by atoms with E-state index in [4.69, 9.17) is 9.47 Å². The van der Waals surface area contributed by atoms with Crippen molar-refractivity contribution in [2.45, 2.75) is 13.5 Å². The maximum atomic E-state index is 13.1. The molecule has 0 atom stereocenters. The molecular formula is C16H14F2O3. The Morgan fingerprint density at radius 3 is 2.29 bits per heavy atom. The van der Waals surface area contributed by atoms with E-state index >= 15 is 0 Å². The zero-order chi connectivity index (χ0) is 15.4. The topological polar surface area (TPSA) is 35.5 Å². The van der Waals surface area contributed by atoms with Gasteiger partial charge in [0.15, 0.2) is 17.3 Å². The van der Waals surface area contributed by atoms with Gasteiger partial charge in [0, 0.05) is 11.6 Å². The van der Waals surface area contributed by atoms with Crippen LogP contribution in [0.1, 0.15) is 22.8 Å². The standard InChI is InChI=1S/C16H14F2O3/c1-10(19)12-3-4-15(16(7-12)20-2)21-9-11-5-13(17)8-14(18)6-11/h3-8H,9H2,1-2H3. The van der Waals surface area contributed by atoms with E-state index in [1.807, 2.05) is 0 Å². The first-order valence-electron chi connectivity index (χ1n) is 6.26. The van der Waals surface area contributed by atoms with E-state index in [0.717, 1.165) is 6.07 Å². The molecule has 0 aliphatic carbocycles. The van der Waals surface area contributed by atoms with Crippen LogP contribution in [-0.4, -0.2) is 12.9 Å². The van der Waals surface area contributed by atoms with E-state index in [1.54, 1.807) is 18.2 Å². The molecule has 2 aromatic rings. The minimum atomic E-state index is -0.660. The summed E-state index contributed by atoms with van der Waals surface area (Å²) in [6, 6.07) is 7.94. The minimum Gasteiger partial charge on any atom is -0.493 e. The summed E-state index contributed by atoms with van der Waals surface area (Å²) >= 11 is 0. The molecule has 0 spiro atoms. The predicted octanol–water partition coefficient (Wildman–Crippen LogP) is 3.76. The van der Waals surface area contributed by atoms with Gasteiger partial charge in [-0.15, -0.1) is 0 Å². The lowest BCUT2D eigenvalue weighted by Gasteiger charge is -2.11. The molecule has 0 aromatic heterocycles. The number of benzene rings is 2. The monoisotopic (exact) mass is 292 g/mol. The highest BCUT2D eigenvalue weighted by Gasteiger charge is 2.09. The van der Waals surface area contributed by atoms with E-state index in [1.165, 1.54) is 26.2 Å². The van der Waals surface area contributed by atoms with Crippen LogP contribution in [0.4, 0.5) is 8.78 Å². The Morgan fingerprint density at radius 2 is 1.71 bits per heavy atom. The first-order chi connectivity index (χ1) is 9.99. The molecule has 0 bridgehead atoms. The van der Waals surface area contributed by atoms with Crippen LogP contribution in [0.3, 0.4) is 0 Å². The number of rotatable bonds is 5. The molecule has 3 nitrogen and oxygen atoms in total. The van der Waals surface area contributed by atoms with E-state index in [2.05, 4.69) is 0 Å². The summed E-state index contributed by atoms with van der Waals surface area (Å²) in [5.74, 6) is -0.626. The zero-order valence-electron chi connectivity index (χ0n) is 11.7. The molecule has 0 amide bonds. The van der Waals surface area contributed by atoms with E-state index in [0.29, 0.717) is 22.6 Å². The number of Topliss-reactive ketones (excluding diaryl/α,β-unsaturated/α-hetero) is 1. The predicted molar refractivity (Wildman–Crippen MR) is 73.7 cm³/mol. The summed E-state index contributed by atoms with van der Waals surface area (Å²) in [5, 5.41) is 0. The van der Waals surface area contributed by atoms with Crippen molar-refractivity contribution in [3.05, 3.63) is 59.2 Å². The van der Waals surface area contributed by atoms with Gasteiger partial charge >= 0.3 is 0 Å². The molecule has 2 rings (SSSR count). The van der Waals surface area contributed by atoms with Crippen LogP contribution in [0.25, 0.3) is 0 Å². The third-order valence-corrected chi connectivity index (χ3v) is 2.89. The lowest BCUT2D eigenvalue weighted by atomic mass is 10.1. The molecule has 0 aliphatic rings. The van der Waals surface area contributed by atoms with Crippen molar-refractivity contribution in [1.29, 1.82) is 0 Å². The maximum absolute atomic E-state index is 13.1. The molecule has 2 aromatic carbocycles. The van der Waals surface area contributed by atoms with Gasteiger partial charge in [-0.1, -0.05) is 0 Å². The van der Waals surface area contributed by atoms with Gasteiger partial charge in [-0.3, -0.25) is 4.79 Å². The first kappa shape index (κ1) is 15.0. The Balaban J connectivity index is 2.17. The number of hydrogen-bond acceptors (Lipinski definition) is 3. The van der Waals surface area contributed by atoms with E-state index in [-0.39, 0.29) is 12.4 Å². The van der Waals surface area contributed by atoms with Gasteiger partial charge in [-0.25, -0.2) is 8.78 Å². The molecule has 0 unspecified atom stereocenters. The average molecular weight is 292 g/mol. The van der Waals surface area contributed by atoms with Crippen molar-refractivity contribution in [2.24, 2.45) is 0 Å². The van der Waals surface area contributed by atoms with Crippen LogP contribution in [0.5, 0.6) is 11.5 Å². The summed E-state index contributed by atoms with van der Waals surface area (Å²) < 4.78 is 36.8. The second kappa shape index (κ2) is 6.35. The Bertz CT molecular complexity index is 648. The second-order valence-corrected chi connectivity index (χ2v) is 4.49. The SMILES string of the molecule is COc1cc(C(C)=O)ccc1OCc1cc(F)cc(F)c1. The van der Waals surface area contributed by atoms with Gasteiger partial charge < -0.3 is 9.47 Å². The molecule has 0 radical (unpaired) electrons. The van der Waals surface area contributed by atoms with Crippen LogP contribution >= 0.6 is 0 Å². The largest absolute Gasteiger partial charge is 0.493 e. The third-order valence-electron chi connectivity index (χ3n) is 2.89. The fraction of sp³-hybridized carbons (Fsp3) is 0.188. The highest BCUT2D eigenvalue weighted by molar-refractivity contribution is 5.94. The van der Waals surface area contributed by atoms with Crippen molar-refractivity contribution < 1.29 is 23.0 Å². The summed E-state index contributed by atoms with van der Waals surface area (Å²) in [6.07, 6.45) is 0. The number of carbonyl (C=O) groups excluding carboxylic acids is 1. The zero-order valence-corrected chi connectivity index (χ0v) is 11.7. The van der Waals surface area contributed by atoms with Crippen LogP contribution in [-0.2, 0) is 6.61 Å². The fourth-order valence-electron chi connectivity index (χ4n) is 1.86. The van der Waals surface area contributed by atoms with Gasteiger partial charge in [0.2, 0.25) is 0 Å². The van der Waals surface area contributed by atoms with Crippen LogP contribution in [0, 0.1) is 11.6 Å². The number of ketones is 1. The molecule has 0 saturated carbocycles. The second-order valence-electron chi connectivity index (χ2n) is 4.49. The number of methoxy groups -OCH3 is 1. The Kier molecular flexibility index (Phi) is 4.52. The average Bonchev–Trinajstić information content (AvgIpc) is 2.43. The van der Waals surface area contributed by atoms with Gasteiger partial charge in [0.05, 0.1) is 7.11 Å². The molecule has 0 fully saturated rings. The van der Waals surface area contributed by atoms with Crippen molar-refractivity contribution >= 4 is 5.78 Å². The lowest BCUT2D eigenvalue weighted by molar-refractivity contribution is 0.101. The molecule has 5 heteroatoms. The van der Waals surface area contributed by atoms with Gasteiger partial charge in [-0.05, 0) is 42.8 Å². The summed E-state index contributed by atoms with van der Waals surface area (Å²) in [4.78, 5) is 11.3. The number of halogens is 2. The summed E-state index contributed by atoms with van der Waals surface area (Å²) in [7, 11) is 1.45.